The van der Waals surface area contributed by atoms with Crippen molar-refractivity contribution in [1.82, 2.24) is 0 Å². The largest absolute Gasteiger partial charge is 0.457 e. The standard InChI is InChI=1S/C32H45N3O7/c1-17(2)18(3)7-8-19(4)27(38)40-16-24(37)32-25(41-28(33)42-32)14-23-30(32,6)15-22(35-39)26-29(5)11-10-21(36)13-20(29)9-12-31(23,26)34/h10-11,13,18-19,22-23,25-26,28H,1,7-9,12,14-16,33-34H2,2-6H3. The highest BCUT2D eigenvalue weighted by Gasteiger charge is 2.78. The Morgan fingerprint density at radius 1 is 1.24 bits per heavy atom. The molecule has 0 radical (unpaired) electrons. The van der Waals surface area contributed by atoms with E-state index in [0.717, 1.165) is 17.6 Å². The van der Waals surface area contributed by atoms with Gasteiger partial charge < -0.3 is 19.9 Å². The molecule has 10 heteroatoms. The van der Waals surface area contributed by atoms with Crippen molar-refractivity contribution in [3.63, 3.8) is 0 Å². The number of rotatable bonds is 9. The van der Waals surface area contributed by atoms with E-state index in [4.69, 9.17) is 25.7 Å². The molecule has 0 spiro atoms. The summed E-state index contributed by atoms with van der Waals surface area (Å²) in [5.41, 5.74) is 11.4. The van der Waals surface area contributed by atoms with Gasteiger partial charge in [-0.05, 0) is 69.4 Å². The van der Waals surface area contributed by atoms with E-state index in [1.807, 2.05) is 26.8 Å². The van der Waals surface area contributed by atoms with Crippen LogP contribution in [0.1, 0.15) is 73.1 Å². The van der Waals surface area contributed by atoms with Gasteiger partial charge in [-0.15, -0.1) is 0 Å². The number of carbonyl (C=O) groups excluding carboxylic acids is 3. The van der Waals surface area contributed by atoms with Crippen LogP contribution in [0.2, 0.25) is 0 Å². The van der Waals surface area contributed by atoms with E-state index in [1.54, 1.807) is 19.1 Å². The Morgan fingerprint density at radius 3 is 2.60 bits per heavy atom. The third-order valence-electron chi connectivity index (χ3n) is 11.6. The number of esters is 1. The second-order valence-corrected chi connectivity index (χ2v) is 14.0. The number of hydrogen-bond acceptors (Lipinski definition) is 10. The molecule has 11 unspecified atom stereocenters. The van der Waals surface area contributed by atoms with Gasteiger partial charge in [0.1, 0.15) is 0 Å². The van der Waals surface area contributed by atoms with Crippen molar-refractivity contribution in [2.45, 2.75) is 103 Å². The zero-order valence-electron chi connectivity index (χ0n) is 25.4. The zero-order valence-corrected chi connectivity index (χ0v) is 25.4. The molecular formula is C32H45N3O7. The number of allylic oxidation sites excluding steroid dienone is 5. The third-order valence-corrected chi connectivity index (χ3v) is 11.6. The maximum Gasteiger partial charge on any atom is 0.309 e. The summed E-state index contributed by atoms with van der Waals surface area (Å²) in [6.07, 6.45) is 6.32. The fourth-order valence-electron chi connectivity index (χ4n) is 9.17. The predicted octanol–water partition coefficient (Wildman–Crippen LogP) is 3.87. The molecule has 5 rings (SSSR count). The second kappa shape index (κ2) is 10.6. The summed E-state index contributed by atoms with van der Waals surface area (Å²) >= 11 is 0. The van der Waals surface area contributed by atoms with Gasteiger partial charge in [0, 0.05) is 22.3 Å². The first-order chi connectivity index (χ1) is 19.6. The number of Topliss-reactive ketones (excluding diaryl/α,β-unsaturated/α-hetero) is 1. The monoisotopic (exact) mass is 583 g/mol. The first-order valence-corrected chi connectivity index (χ1v) is 15.1. The Hall–Kier alpha value is -2.53. The van der Waals surface area contributed by atoms with E-state index >= 15 is 0 Å². The van der Waals surface area contributed by atoms with Crippen molar-refractivity contribution < 1.29 is 28.6 Å². The molecule has 4 N–H and O–H groups in total. The van der Waals surface area contributed by atoms with Gasteiger partial charge in [-0.3, -0.25) is 20.1 Å². The van der Waals surface area contributed by atoms with Gasteiger partial charge in [-0.25, -0.2) is 0 Å². The lowest BCUT2D eigenvalue weighted by molar-refractivity contribution is -0.190. The van der Waals surface area contributed by atoms with E-state index in [0.29, 0.717) is 25.7 Å². The van der Waals surface area contributed by atoms with Crippen molar-refractivity contribution in [3.8, 4) is 0 Å². The van der Waals surface area contributed by atoms with Crippen LogP contribution in [0.15, 0.2) is 41.1 Å². The number of nitroso groups, excluding NO2 is 1. The van der Waals surface area contributed by atoms with Gasteiger partial charge in [0.15, 0.2) is 18.0 Å². The highest BCUT2D eigenvalue weighted by molar-refractivity contribution is 6.01. The van der Waals surface area contributed by atoms with Crippen molar-refractivity contribution in [2.75, 3.05) is 6.61 Å². The lowest BCUT2D eigenvalue weighted by Gasteiger charge is -2.64. The molecule has 230 valence electrons. The second-order valence-electron chi connectivity index (χ2n) is 14.0. The van der Waals surface area contributed by atoms with Crippen molar-refractivity contribution >= 4 is 17.5 Å². The van der Waals surface area contributed by atoms with E-state index in [1.165, 1.54) is 0 Å². The maximum absolute atomic E-state index is 14.2. The fraction of sp³-hybridized carbons (Fsp3) is 0.719. The quantitative estimate of drug-likeness (QED) is 0.233. The average molecular weight is 584 g/mol. The van der Waals surface area contributed by atoms with Crippen LogP contribution in [-0.4, -0.2) is 53.8 Å². The van der Waals surface area contributed by atoms with Crippen molar-refractivity contribution in [2.24, 2.45) is 51.1 Å². The van der Waals surface area contributed by atoms with Crippen LogP contribution in [0.25, 0.3) is 0 Å². The summed E-state index contributed by atoms with van der Waals surface area (Å²) in [6.45, 7) is 13.2. The summed E-state index contributed by atoms with van der Waals surface area (Å²) in [4.78, 5) is 51.8. The molecule has 4 aliphatic carbocycles. The van der Waals surface area contributed by atoms with E-state index in [9.17, 15) is 19.3 Å². The molecule has 1 saturated heterocycles. The number of hydrogen-bond donors (Lipinski definition) is 2. The molecule has 0 aromatic heterocycles. The number of ketones is 2. The van der Waals surface area contributed by atoms with Crippen LogP contribution in [0.5, 0.6) is 0 Å². The van der Waals surface area contributed by atoms with E-state index in [2.05, 4.69) is 18.7 Å². The Labute approximate surface area is 247 Å². The van der Waals surface area contributed by atoms with Crippen LogP contribution in [0, 0.1) is 39.4 Å². The normalized spacial score (nSPS) is 43.3. The van der Waals surface area contributed by atoms with Gasteiger partial charge in [-0.1, -0.05) is 56.7 Å². The molecule has 10 nitrogen and oxygen atoms in total. The molecule has 1 heterocycles. The van der Waals surface area contributed by atoms with E-state index in [-0.39, 0.29) is 30.0 Å². The SMILES string of the molecule is C=C(C)C(C)CCC(C)C(=O)OCC(=O)C12OC(N)OC1CC1C3(N)CCC4=CC(=O)C=CC4(C)C3C(N=O)CC12C. The summed E-state index contributed by atoms with van der Waals surface area (Å²) < 4.78 is 17.8. The first kappa shape index (κ1) is 30.9. The summed E-state index contributed by atoms with van der Waals surface area (Å²) in [5, 5.41) is 3.60. The van der Waals surface area contributed by atoms with Gasteiger partial charge >= 0.3 is 5.97 Å². The van der Waals surface area contributed by atoms with Crippen LogP contribution in [-0.2, 0) is 28.6 Å². The molecule has 5 aliphatic rings. The average Bonchev–Trinajstić information content (AvgIpc) is 3.40. The molecule has 4 fully saturated rings. The molecule has 42 heavy (non-hydrogen) atoms. The van der Waals surface area contributed by atoms with E-state index < -0.39 is 64.8 Å². The first-order valence-electron chi connectivity index (χ1n) is 15.1. The minimum atomic E-state index is -1.55. The number of nitrogens with zero attached hydrogens (tertiary/aromatic N) is 1. The fourth-order valence-corrected chi connectivity index (χ4v) is 9.17. The van der Waals surface area contributed by atoms with Crippen LogP contribution in [0.3, 0.4) is 0 Å². The van der Waals surface area contributed by atoms with Gasteiger partial charge in [-0.2, -0.15) is 4.91 Å². The number of fused-ring (bicyclic) bond motifs is 7. The minimum absolute atomic E-state index is 0.0758. The van der Waals surface area contributed by atoms with Gasteiger partial charge in [0.25, 0.3) is 0 Å². The van der Waals surface area contributed by atoms with Gasteiger partial charge in [0.05, 0.1) is 18.1 Å². The molecule has 11 atom stereocenters. The summed E-state index contributed by atoms with van der Waals surface area (Å²) in [7, 11) is 0. The maximum atomic E-state index is 14.2. The Morgan fingerprint density at radius 2 is 1.93 bits per heavy atom. The molecule has 3 saturated carbocycles. The highest BCUT2D eigenvalue weighted by Crippen LogP contribution is 2.70. The molecule has 0 aromatic rings. The summed E-state index contributed by atoms with van der Waals surface area (Å²) in [6, 6.07) is -0.760. The molecule has 0 bridgehead atoms. The zero-order chi connectivity index (χ0) is 30.8. The number of nitrogens with two attached hydrogens (primary N) is 2. The molecule has 0 amide bonds. The van der Waals surface area contributed by atoms with Crippen LogP contribution in [0.4, 0.5) is 0 Å². The van der Waals surface area contributed by atoms with Crippen LogP contribution >= 0.6 is 0 Å². The van der Waals surface area contributed by atoms with Crippen molar-refractivity contribution in [1.29, 1.82) is 0 Å². The Bertz CT molecular complexity index is 1260. The summed E-state index contributed by atoms with van der Waals surface area (Å²) in [5.74, 6) is -1.76. The van der Waals surface area contributed by atoms with Crippen molar-refractivity contribution in [3.05, 3.63) is 40.9 Å². The Balaban J connectivity index is 1.43. The Kier molecular flexibility index (Phi) is 7.78. The lowest BCUT2D eigenvalue weighted by Crippen LogP contribution is -2.72. The van der Waals surface area contributed by atoms with Gasteiger partial charge in [0.2, 0.25) is 12.2 Å². The molecule has 0 aromatic carbocycles. The molecular weight excluding hydrogens is 538 g/mol. The predicted molar refractivity (Wildman–Crippen MR) is 155 cm³/mol. The smallest absolute Gasteiger partial charge is 0.309 e. The highest BCUT2D eigenvalue weighted by atomic mass is 16.8. The topological polar surface area (TPSA) is 160 Å². The lowest BCUT2D eigenvalue weighted by atomic mass is 9.42. The number of ether oxygens (including phenoxy) is 3. The van der Waals surface area contributed by atoms with Crippen LogP contribution < -0.4 is 11.5 Å². The third kappa shape index (κ3) is 4.40. The molecule has 1 aliphatic heterocycles. The number of carbonyl (C=O) groups is 3. The minimum Gasteiger partial charge on any atom is -0.457 e.